The minimum atomic E-state index is -4.51. The molecule has 0 saturated carbocycles. The normalized spacial score (nSPS) is 12.8. The highest BCUT2D eigenvalue weighted by atomic mass is 19.4. The van der Waals surface area contributed by atoms with Crippen LogP contribution in [0.1, 0.15) is 25.5 Å². The molecule has 112 valence electrons. The van der Waals surface area contributed by atoms with Crippen LogP contribution in [0.25, 0.3) is 0 Å². The molecule has 1 aromatic heterocycles. The van der Waals surface area contributed by atoms with E-state index in [0.29, 0.717) is 6.42 Å². The fourth-order valence-corrected chi connectivity index (χ4v) is 1.46. The first-order valence-electron chi connectivity index (χ1n) is 6.09. The van der Waals surface area contributed by atoms with Crippen molar-refractivity contribution in [1.82, 2.24) is 10.3 Å². The predicted octanol–water partition coefficient (Wildman–Crippen LogP) is 2.38. The van der Waals surface area contributed by atoms with Crippen molar-refractivity contribution in [2.75, 3.05) is 11.9 Å². The van der Waals surface area contributed by atoms with E-state index in [2.05, 4.69) is 15.6 Å². The molecule has 0 saturated heterocycles. The number of nitrogens with zero attached hydrogens (tertiary/aromatic N) is 1. The average molecular weight is 291 g/mol. The third-order valence-electron chi connectivity index (χ3n) is 2.43. The van der Waals surface area contributed by atoms with Crippen LogP contribution < -0.4 is 10.6 Å². The number of aromatic nitrogens is 1. The van der Waals surface area contributed by atoms with Gasteiger partial charge in [-0.2, -0.15) is 13.2 Å². The third kappa shape index (κ3) is 5.43. The maximum atomic E-state index is 12.3. The van der Waals surface area contributed by atoms with Gasteiger partial charge in [0.05, 0.1) is 18.0 Å². The van der Waals surface area contributed by atoms with Crippen LogP contribution in [0.4, 0.5) is 23.7 Å². The number of aliphatic hydroxyl groups is 1. The first-order valence-corrected chi connectivity index (χ1v) is 6.09. The van der Waals surface area contributed by atoms with Crippen LogP contribution in [0, 0.1) is 0 Å². The van der Waals surface area contributed by atoms with Crippen molar-refractivity contribution in [1.29, 1.82) is 0 Å². The van der Waals surface area contributed by atoms with E-state index in [1.165, 1.54) is 0 Å². The minimum Gasteiger partial charge on any atom is -0.391 e. The third-order valence-corrected chi connectivity index (χ3v) is 2.43. The van der Waals surface area contributed by atoms with Crippen molar-refractivity contribution in [2.45, 2.75) is 32.0 Å². The number of carbonyl (C=O) groups is 1. The number of carbonyl (C=O) groups excluding carboxylic acids is 1. The Morgan fingerprint density at radius 2 is 2.15 bits per heavy atom. The molecule has 0 aromatic carbocycles. The number of nitrogens with one attached hydrogen (secondary N) is 2. The van der Waals surface area contributed by atoms with Crippen LogP contribution in [0.2, 0.25) is 0 Å². The quantitative estimate of drug-likeness (QED) is 0.779. The van der Waals surface area contributed by atoms with E-state index in [9.17, 15) is 23.1 Å². The van der Waals surface area contributed by atoms with Gasteiger partial charge in [0.1, 0.15) is 5.69 Å². The number of urea groups is 1. The molecule has 1 atom stereocenters. The van der Waals surface area contributed by atoms with Crippen LogP contribution in [0.5, 0.6) is 0 Å². The number of anilines is 1. The highest BCUT2D eigenvalue weighted by Gasteiger charge is 2.32. The topological polar surface area (TPSA) is 74.2 Å². The van der Waals surface area contributed by atoms with Gasteiger partial charge in [0.15, 0.2) is 0 Å². The number of hydrogen-bond acceptors (Lipinski definition) is 3. The second-order valence-corrected chi connectivity index (χ2v) is 4.21. The Morgan fingerprint density at radius 3 is 2.65 bits per heavy atom. The number of aliphatic hydroxyl groups excluding tert-OH is 1. The molecule has 3 N–H and O–H groups in total. The van der Waals surface area contributed by atoms with Crippen molar-refractivity contribution < 1.29 is 23.1 Å². The van der Waals surface area contributed by atoms with Crippen LogP contribution in [-0.4, -0.2) is 28.8 Å². The van der Waals surface area contributed by atoms with Crippen molar-refractivity contribution in [2.24, 2.45) is 0 Å². The van der Waals surface area contributed by atoms with Gasteiger partial charge in [-0.05, 0) is 18.6 Å². The van der Waals surface area contributed by atoms with E-state index in [-0.39, 0.29) is 12.2 Å². The van der Waals surface area contributed by atoms with Gasteiger partial charge >= 0.3 is 12.2 Å². The zero-order valence-corrected chi connectivity index (χ0v) is 10.9. The summed E-state index contributed by atoms with van der Waals surface area (Å²) in [6.45, 7) is 1.98. The van der Waals surface area contributed by atoms with Gasteiger partial charge in [0.2, 0.25) is 0 Å². The lowest BCUT2D eigenvalue weighted by Gasteiger charge is -2.12. The summed E-state index contributed by atoms with van der Waals surface area (Å²) in [5, 5.41) is 14.1. The zero-order chi connectivity index (χ0) is 15.2. The van der Waals surface area contributed by atoms with Gasteiger partial charge in [0.25, 0.3) is 0 Å². The van der Waals surface area contributed by atoms with E-state index in [1.807, 2.05) is 6.92 Å². The summed E-state index contributed by atoms with van der Waals surface area (Å²) in [4.78, 5) is 14.6. The Kier molecular flexibility index (Phi) is 5.75. The molecular weight excluding hydrogens is 275 g/mol. The summed E-state index contributed by atoms with van der Waals surface area (Å²) < 4.78 is 36.8. The van der Waals surface area contributed by atoms with E-state index >= 15 is 0 Å². The molecule has 2 amide bonds. The Morgan fingerprint density at radius 1 is 1.45 bits per heavy atom. The Balaban J connectivity index is 2.46. The molecule has 0 spiro atoms. The van der Waals surface area contributed by atoms with Gasteiger partial charge in [-0.25, -0.2) is 9.78 Å². The first kappa shape index (κ1) is 16.2. The van der Waals surface area contributed by atoms with Gasteiger partial charge < -0.3 is 15.7 Å². The van der Waals surface area contributed by atoms with Gasteiger partial charge in [-0.3, -0.25) is 0 Å². The second-order valence-electron chi connectivity index (χ2n) is 4.21. The van der Waals surface area contributed by atoms with E-state index in [4.69, 9.17) is 0 Å². The lowest BCUT2D eigenvalue weighted by Crippen LogP contribution is -2.35. The average Bonchev–Trinajstić information content (AvgIpc) is 2.36. The standard InChI is InChI=1S/C12H16F3N3O2/c1-2-3-9(19)7-17-11(20)18-8-4-5-10(16-6-8)12(13,14)15/h4-6,9,19H,2-3,7H2,1H3,(H2,17,18,20). The Labute approximate surface area is 114 Å². The number of amides is 2. The Hall–Kier alpha value is -1.83. The van der Waals surface area contributed by atoms with Crippen molar-refractivity contribution in [3.63, 3.8) is 0 Å². The molecule has 8 heteroatoms. The van der Waals surface area contributed by atoms with Crippen LogP contribution in [-0.2, 0) is 6.18 Å². The SMILES string of the molecule is CCCC(O)CNC(=O)Nc1ccc(C(F)(F)F)nc1. The van der Waals surface area contributed by atoms with Gasteiger partial charge in [-0.15, -0.1) is 0 Å². The van der Waals surface area contributed by atoms with E-state index < -0.39 is 24.0 Å². The van der Waals surface area contributed by atoms with Crippen molar-refractivity contribution >= 4 is 11.7 Å². The van der Waals surface area contributed by atoms with E-state index in [0.717, 1.165) is 24.8 Å². The molecule has 1 aromatic rings. The van der Waals surface area contributed by atoms with Crippen molar-refractivity contribution in [3.05, 3.63) is 24.0 Å². The maximum absolute atomic E-state index is 12.3. The fourth-order valence-electron chi connectivity index (χ4n) is 1.46. The van der Waals surface area contributed by atoms with Crippen molar-refractivity contribution in [3.8, 4) is 0 Å². The second kappa shape index (κ2) is 7.09. The lowest BCUT2D eigenvalue weighted by molar-refractivity contribution is -0.141. The molecule has 20 heavy (non-hydrogen) atoms. The summed E-state index contributed by atoms with van der Waals surface area (Å²) in [7, 11) is 0. The van der Waals surface area contributed by atoms with Gasteiger partial charge in [0, 0.05) is 6.54 Å². The summed E-state index contributed by atoms with van der Waals surface area (Å²) >= 11 is 0. The first-order chi connectivity index (χ1) is 9.32. The highest BCUT2D eigenvalue weighted by molar-refractivity contribution is 5.88. The number of rotatable bonds is 5. The zero-order valence-electron chi connectivity index (χ0n) is 10.9. The number of halogens is 3. The Bertz CT molecular complexity index is 435. The van der Waals surface area contributed by atoms with E-state index in [1.54, 1.807) is 0 Å². The highest BCUT2D eigenvalue weighted by Crippen LogP contribution is 2.27. The van der Waals surface area contributed by atoms with Crippen LogP contribution in [0.15, 0.2) is 18.3 Å². The largest absolute Gasteiger partial charge is 0.433 e. The molecule has 0 fully saturated rings. The van der Waals surface area contributed by atoms with Crippen LogP contribution in [0.3, 0.4) is 0 Å². The molecule has 0 radical (unpaired) electrons. The number of hydrogen-bond donors (Lipinski definition) is 3. The molecule has 1 heterocycles. The predicted molar refractivity (Wildman–Crippen MR) is 67.2 cm³/mol. The number of alkyl halides is 3. The molecule has 0 aliphatic heterocycles. The van der Waals surface area contributed by atoms with Gasteiger partial charge in [-0.1, -0.05) is 13.3 Å². The molecule has 0 aliphatic rings. The smallest absolute Gasteiger partial charge is 0.391 e. The molecule has 1 unspecified atom stereocenters. The summed E-state index contributed by atoms with van der Waals surface area (Å²) in [5.74, 6) is 0. The summed E-state index contributed by atoms with van der Waals surface area (Å²) in [6.07, 6.45) is -2.89. The fraction of sp³-hybridized carbons (Fsp3) is 0.500. The summed E-state index contributed by atoms with van der Waals surface area (Å²) in [6, 6.07) is 1.28. The number of pyridine rings is 1. The molecule has 1 rings (SSSR count). The monoisotopic (exact) mass is 291 g/mol. The molecule has 5 nitrogen and oxygen atoms in total. The molecular formula is C12H16F3N3O2. The lowest BCUT2D eigenvalue weighted by atomic mass is 10.2. The molecule has 0 aliphatic carbocycles. The maximum Gasteiger partial charge on any atom is 0.433 e. The summed E-state index contributed by atoms with van der Waals surface area (Å²) in [5.41, 5.74) is -0.887. The minimum absolute atomic E-state index is 0.0771. The van der Waals surface area contributed by atoms with Crippen LogP contribution >= 0.6 is 0 Å². The molecule has 0 bridgehead atoms.